The van der Waals surface area contributed by atoms with Gasteiger partial charge in [0, 0.05) is 5.69 Å². The van der Waals surface area contributed by atoms with E-state index in [9.17, 15) is 5.26 Å². The number of aromatic amines is 1. The highest BCUT2D eigenvalue weighted by atomic mass is 16.5. The first-order valence-electron chi connectivity index (χ1n) is 7.78. The summed E-state index contributed by atoms with van der Waals surface area (Å²) in [6, 6.07) is 12.3. The Kier molecular flexibility index (Phi) is 3.61. The Hall–Kier alpha value is -2.74. The molecule has 1 aromatic carbocycles. The van der Waals surface area contributed by atoms with Gasteiger partial charge in [-0.3, -0.25) is 5.10 Å². The van der Waals surface area contributed by atoms with Gasteiger partial charge < -0.3 is 10.5 Å². The highest BCUT2D eigenvalue weighted by Crippen LogP contribution is 2.52. The number of aryl methyl sites for hydroxylation is 1. The number of H-pyrrole nitrogens is 1. The minimum Gasteiger partial charge on any atom is -0.420 e. The van der Waals surface area contributed by atoms with E-state index in [2.05, 4.69) is 37.0 Å². The molecule has 1 aliphatic heterocycles. The van der Waals surface area contributed by atoms with Crippen LogP contribution in [0.1, 0.15) is 37.6 Å². The predicted molar refractivity (Wildman–Crippen MR) is 87.5 cm³/mol. The number of nitrogens with one attached hydrogen (secondary N) is 1. The summed E-state index contributed by atoms with van der Waals surface area (Å²) in [7, 11) is 0. The zero-order valence-corrected chi connectivity index (χ0v) is 13.6. The van der Waals surface area contributed by atoms with E-state index in [1.165, 1.54) is 0 Å². The van der Waals surface area contributed by atoms with Crippen LogP contribution in [0, 0.1) is 17.2 Å². The van der Waals surface area contributed by atoms with E-state index in [4.69, 9.17) is 10.5 Å². The van der Waals surface area contributed by atoms with Gasteiger partial charge in [0.05, 0.1) is 11.0 Å². The molecule has 1 aliphatic rings. The molecule has 23 heavy (non-hydrogen) atoms. The highest BCUT2D eigenvalue weighted by molar-refractivity contribution is 5.61. The van der Waals surface area contributed by atoms with Crippen molar-refractivity contribution in [2.24, 2.45) is 11.7 Å². The van der Waals surface area contributed by atoms with Crippen molar-refractivity contribution in [3.05, 3.63) is 58.6 Å². The van der Waals surface area contributed by atoms with Crippen LogP contribution in [0.3, 0.4) is 0 Å². The van der Waals surface area contributed by atoms with E-state index < -0.39 is 5.41 Å². The Balaban J connectivity index is 2.45. The molecule has 3 rings (SSSR count). The third kappa shape index (κ3) is 1.95. The molecule has 0 saturated carbocycles. The van der Waals surface area contributed by atoms with Crippen LogP contribution in [0.2, 0.25) is 0 Å². The van der Waals surface area contributed by atoms with Gasteiger partial charge >= 0.3 is 0 Å². The predicted octanol–water partition coefficient (Wildman–Crippen LogP) is 3.00. The summed E-state index contributed by atoms with van der Waals surface area (Å²) in [4.78, 5) is 0. The molecule has 118 valence electrons. The van der Waals surface area contributed by atoms with Crippen LogP contribution in [-0.4, -0.2) is 10.2 Å². The molecule has 0 bridgehead atoms. The molecular weight excluding hydrogens is 288 g/mol. The Bertz CT molecular complexity index is 798. The summed E-state index contributed by atoms with van der Waals surface area (Å²) < 4.78 is 5.64. The maximum atomic E-state index is 9.84. The SMILES string of the molecule is CCc1[nH]nc2c1C(c1ccccc1)(C(C)C)C(C#N)=C(N)O2. The number of hydrogen-bond donors (Lipinski definition) is 2. The number of aromatic nitrogens is 2. The fourth-order valence-corrected chi connectivity index (χ4v) is 3.61. The third-order valence-electron chi connectivity index (χ3n) is 4.61. The van der Waals surface area contributed by atoms with Crippen LogP contribution in [0.25, 0.3) is 0 Å². The number of ether oxygens (including phenoxy) is 1. The minimum atomic E-state index is -0.661. The molecule has 0 amide bonds. The van der Waals surface area contributed by atoms with Gasteiger partial charge in [0.2, 0.25) is 11.8 Å². The topological polar surface area (TPSA) is 87.7 Å². The molecule has 0 aliphatic carbocycles. The molecule has 1 atom stereocenters. The number of rotatable bonds is 3. The van der Waals surface area contributed by atoms with Crippen LogP contribution in [-0.2, 0) is 11.8 Å². The van der Waals surface area contributed by atoms with Crippen molar-refractivity contribution in [3.8, 4) is 11.9 Å². The van der Waals surface area contributed by atoms with Gasteiger partial charge in [-0.15, -0.1) is 5.10 Å². The van der Waals surface area contributed by atoms with Crippen molar-refractivity contribution >= 4 is 0 Å². The number of hydrogen-bond acceptors (Lipinski definition) is 4. The van der Waals surface area contributed by atoms with Crippen molar-refractivity contribution < 1.29 is 4.74 Å². The maximum absolute atomic E-state index is 9.84. The molecule has 1 unspecified atom stereocenters. The highest BCUT2D eigenvalue weighted by Gasteiger charge is 2.50. The Morgan fingerprint density at radius 1 is 1.35 bits per heavy atom. The standard InChI is InChI=1S/C18H20N4O/c1-4-14-15-17(22-21-14)23-16(20)13(10-19)18(15,11(2)3)12-8-6-5-7-9-12/h5-9,11H,4,20H2,1-3H3,(H,21,22). The van der Waals surface area contributed by atoms with E-state index in [0.29, 0.717) is 11.5 Å². The lowest BCUT2D eigenvalue weighted by molar-refractivity contribution is 0.323. The van der Waals surface area contributed by atoms with Gasteiger partial charge in [-0.25, -0.2) is 0 Å². The van der Waals surface area contributed by atoms with Crippen LogP contribution in [0.5, 0.6) is 5.88 Å². The lowest BCUT2D eigenvalue weighted by Gasteiger charge is -2.41. The van der Waals surface area contributed by atoms with E-state index >= 15 is 0 Å². The van der Waals surface area contributed by atoms with Gasteiger partial charge in [-0.1, -0.05) is 51.1 Å². The first-order chi connectivity index (χ1) is 11.1. The minimum absolute atomic E-state index is 0.101. The van der Waals surface area contributed by atoms with Crippen LogP contribution in [0.15, 0.2) is 41.8 Å². The van der Waals surface area contributed by atoms with Gasteiger partial charge in [0.15, 0.2) is 0 Å². The molecule has 5 heteroatoms. The van der Waals surface area contributed by atoms with E-state index in [0.717, 1.165) is 23.2 Å². The lowest BCUT2D eigenvalue weighted by Crippen LogP contribution is -2.41. The number of benzene rings is 1. The molecule has 0 fully saturated rings. The van der Waals surface area contributed by atoms with Crippen molar-refractivity contribution in [2.75, 3.05) is 0 Å². The second kappa shape index (κ2) is 5.47. The van der Waals surface area contributed by atoms with Crippen molar-refractivity contribution in [3.63, 3.8) is 0 Å². The van der Waals surface area contributed by atoms with E-state index in [1.807, 2.05) is 30.3 Å². The quantitative estimate of drug-likeness (QED) is 0.912. The fraction of sp³-hybridized carbons (Fsp3) is 0.333. The lowest BCUT2D eigenvalue weighted by atomic mass is 9.61. The van der Waals surface area contributed by atoms with Gasteiger partial charge in [-0.2, -0.15) is 5.26 Å². The van der Waals surface area contributed by atoms with Gasteiger partial charge in [0.1, 0.15) is 11.6 Å². The number of nitriles is 1. The van der Waals surface area contributed by atoms with Crippen molar-refractivity contribution in [1.29, 1.82) is 5.26 Å². The third-order valence-corrected chi connectivity index (χ3v) is 4.61. The van der Waals surface area contributed by atoms with E-state index in [1.54, 1.807) is 0 Å². The summed E-state index contributed by atoms with van der Waals surface area (Å²) in [5, 5.41) is 17.2. The number of fused-ring (bicyclic) bond motifs is 1. The van der Waals surface area contributed by atoms with E-state index in [-0.39, 0.29) is 11.8 Å². The largest absolute Gasteiger partial charge is 0.420 e. The molecule has 0 spiro atoms. The molecule has 2 aromatic rings. The Morgan fingerprint density at radius 2 is 2.04 bits per heavy atom. The zero-order valence-electron chi connectivity index (χ0n) is 13.6. The van der Waals surface area contributed by atoms with Gasteiger partial charge in [-0.05, 0) is 17.9 Å². The number of nitrogens with zero attached hydrogens (tertiary/aromatic N) is 2. The molecule has 0 saturated heterocycles. The molecule has 1 aromatic heterocycles. The number of nitrogens with two attached hydrogens (primary N) is 1. The smallest absolute Gasteiger partial charge is 0.244 e. The molecule has 5 nitrogen and oxygen atoms in total. The Morgan fingerprint density at radius 3 is 2.61 bits per heavy atom. The molecule has 2 heterocycles. The van der Waals surface area contributed by atoms with Crippen LogP contribution < -0.4 is 10.5 Å². The summed E-state index contributed by atoms with van der Waals surface area (Å²) in [6.45, 7) is 6.25. The molecular formula is C18H20N4O. The van der Waals surface area contributed by atoms with Gasteiger partial charge in [0.25, 0.3) is 0 Å². The Labute approximate surface area is 135 Å². The fourth-order valence-electron chi connectivity index (χ4n) is 3.61. The molecule has 3 N–H and O–H groups in total. The molecule has 0 radical (unpaired) electrons. The van der Waals surface area contributed by atoms with Crippen molar-refractivity contribution in [1.82, 2.24) is 10.2 Å². The average molecular weight is 308 g/mol. The normalized spacial score (nSPS) is 20.1. The summed E-state index contributed by atoms with van der Waals surface area (Å²) in [6.07, 6.45) is 0.769. The first-order valence-corrected chi connectivity index (χ1v) is 7.78. The average Bonchev–Trinajstić information content (AvgIpc) is 2.96. The van der Waals surface area contributed by atoms with Crippen molar-refractivity contribution in [2.45, 2.75) is 32.6 Å². The summed E-state index contributed by atoms with van der Waals surface area (Å²) >= 11 is 0. The van der Waals surface area contributed by atoms with Crippen LogP contribution in [0.4, 0.5) is 0 Å². The van der Waals surface area contributed by atoms with Crippen LogP contribution >= 0.6 is 0 Å². The summed E-state index contributed by atoms with van der Waals surface area (Å²) in [5.41, 5.74) is 8.79. The zero-order chi connectivity index (χ0) is 16.6. The monoisotopic (exact) mass is 308 g/mol. The number of allylic oxidation sites excluding steroid dienone is 1. The second-order valence-corrected chi connectivity index (χ2v) is 6.02. The first kappa shape index (κ1) is 15.2. The maximum Gasteiger partial charge on any atom is 0.244 e. The second-order valence-electron chi connectivity index (χ2n) is 6.02. The summed E-state index contributed by atoms with van der Waals surface area (Å²) in [5.74, 6) is 0.700.